The summed E-state index contributed by atoms with van der Waals surface area (Å²) in [5.74, 6) is -1.00. The molecule has 1 aliphatic rings. The molecule has 1 aliphatic carbocycles. The van der Waals surface area contributed by atoms with Crippen LogP contribution in [0.4, 0.5) is 10.1 Å². The predicted molar refractivity (Wildman–Crippen MR) is 78.3 cm³/mol. The number of anilines is 1. The van der Waals surface area contributed by atoms with E-state index in [1.54, 1.807) is 0 Å². The van der Waals surface area contributed by atoms with Crippen molar-refractivity contribution in [2.24, 2.45) is 0 Å². The summed E-state index contributed by atoms with van der Waals surface area (Å²) in [5.41, 5.74) is 8.00. The van der Waals surface area contributed by atoms with Gasteiger partial charge in [-0.2, -0.15) is 0 Å². The van der Waals surface area contributed by atoms with Gasteiger partial charge in [0, 0.05) is 0 Å². The zero-order valence-corrected chi connectivity index (χ0v) is 11.5. The lowest BCUT2D eigenvalue weighted by Crippen LogP contribution is -2.17. The summed E-state index contributed by atoms with van der Waals surface area (Å²) in [4.78, 5) is 12.2. The lowest BCUT2D eigenvalue weighted by molar-refractivity contribution is 0.0256. The van der Waals surface area contributed by atoms with Gasteiger partial charge in [-0.3, -0.25) is 0 Å². The Hall–Kier alpha value is -2.36. The highest BCUT2D eigenvalue weighted by molar-refractivity contribution is 5.90. The molecular formula is C17H16FNO2. The highest BCUT2D eigenvalue weighted by atomic mass is 19.1. The largest absolute Gasteiger partial charge is 0.454 e. The van der Waals surface area contributed by atoms with Crippen LogP contribution in [0.3, 0.4) is 0 Å². The summed E-state index contributed by atoms with van der Waals surface area (Å²) < 4.78 is 18.7. The van der Waals surface area contributed by atoms with Gasteiger partial charge in [0.05, 0.1) is 11.3 Å². The molecule has 0 aromatic heterocycles. The van der Waals surface area contributed by atoms with Crippen LogP contribution in [0.5, 0.6) is 0 Å². The van der Waals surface area contributed by atoms with Gasteiger partial charge < -0.3 is 10.5 Å². The van der Waals surface area contributed by atoms with E-state index in [4.69, 9.17) is 10.5 Å². The van der Waals surface area contributed by atoms with E-state index in [9.17, 15) is 9.18 Å². The minimum absolute atomic E-state index is 0.0477. The van der Waals surface area contributed by atoms with Gasteiger partial charge in [0.15, 0.2) is 0 Å². The highest BCUT2D eigenvalue weighted by Crippen LogP contribution is 2.33. The van der Waals surface area contributed by atoms with Crippen molar-refractivity contribution in [2.45, 2.75) is 25.4 Å². The van der Waals surface area contributed by atoms with Crippen LogP contribution in [0.2, 0.25) is 0 Å². The smallest absolute Gasteiger partial charge is 0.338 e. The summed E-state index contributed by atoms with van der Waals surface area (Å²) in [6.45, 7) is 0. The van der Waals surface area contributed by atoms with Gasteiger partial charge in [-0.15, -0.1) is 0 Å². The zero-order valence-electron chi connectivity index (χ0n) is 11.5. The molecule has 4 heteroatoms. The third kappa shape index (κ3) is 2.75. The average Bonchev–Trinajstić information content (AvgIpc) is 2.50. The van der Waals surface area contributed by atoms with Gasteiger partial charge in [-0.05, 0) is 48.6 Å². The Bertz CT molecular complexity index is 684. The Morgan fingerprint density at radius 3 is 2.86 bits per heavy atom. The van der Waals surface area contributed by atoms with Crippen molar-refractivity contribution in [3.8, 4) is 0 Å². The molecule has 3 nitrogen and oxygen atoms in total. The van der Waals surface area contributed by atoms with Gasteiger partial charge in [0.2, 0.25) is 0 Å². The molecule has 0 fully saturated rings. The summed E-state index contributed by atoms with van der Waals surface area (Å²) in [6, 6.07) is 11.9. The molecule has 1 unspecified atom stereocenters. The van der Waals surface area contributed by atoms with Gasteiger partial charge >= 0.3 is 5.97 Å². The average molecular weight is 285 g/mol. The first-order chi connectivity index (χ1) is 10.1. The number of fused-ring (bicyclic) bond motifs is 1. The number of halogens is 1. The second kappa shape index (κ2) is 5.56. The Kier molecular flexibility index (Phi) is 3.60. The fourth-order valence-electron chi connectivity index (χ4n) is 2.70. The number of ether oxygens (including phenoxy) is 1. The van der Waals surface area contributed by atoms with Crippen LogP contribution in [-0.2, 0) is 11.2 Å². The van der Waals surface area contributed by atoms with Crippen LogP contribution in [0.25, 0.3) is 0 Å². The standard InChI is InChI=1S/C17H16FNO2/c18-14-9-8-12(10-15(14)19)17(20)21-16-7-3-5-11-4-1-2-6-13(11)16/h1-2,4,6,8-10,16H,3,5,7,19H2. The van der Waals surface area contributed by atoms with Gasteiger partial charge in [0.1, 0.15) is 11.9 Å². The van der Waals surface area contributed by atoms with E-state index in [1.807, 2.05) is 18.2 Å². The molecule has 108 valence electrons. The van der Waals surface area contributed by atoms with E-state index in [-0.39, 0.29) is 17.4 Å². The third-order valence-electron chi connectivity index (χ3n) is 3.80. The number of nitrogens with two attached hydrogens (primary N) is 1. The zero-order chi connectivity index (χ0) is 14.8. The fourth-order valence-corrected chi connectivity index (χ4v) is 2.70. The molecule has 2 aromatic carbocycles. The molecule has 3 rings (SSSR count). The van der Waals surface area contributed by atoms with Crippen molar-refractivity contribution in [2.75, 3.05) is 5.73 Å². The monoisotopic (exact) mass is 285 g/mol. The fraction of sp³-hybridized carbons (Fsp3) is 0.235. The normalized spacial score (nSPS) is 17.1. The number of carbonyl (C=O) groups excluding carboxylic acids is 1. The van der Waals surface area contributed by atoms with Crippen molar-refractivity contribution in [1.29, 1.82) is 0 Å². The Balaban J connectivity index is 1.81. The molecule has 0 amide bonds. The number of rotatable bonds is 2. The maximum atomic E-state index is 13.1. The second-order valence-corrected chi connectivity index (χ2v) is 5.22. The van der Waals surface area contributed by atoms with Crippen LogP contribution < -0.4 is 5.73 Å². The topological polar surface area (TPSA) is 52.3 Å². The molecule has 0 radical (unpaired) electrons. The second-order valence-electron chi connectivity index (χ2n) is 5.22. The Labute approximate surface area is 122 Å². The summed E-state index contributed by atoms with van der Waals surface area (Å²) in [7, 11) is 0. The first-order valence-corrected chi connectivity index (χ1v) is 6.99. The van der Waals surface area contributed by atoms with Crippen LogP contribution in [0.15, 0.2) is 42.5 Å². The molecule has 0 saturated heterocycles. The summed E-state index contributed by atoms with van der Waals surface area (Å²) in [6.07, 6.45) is 2.56. The number of benzene rings is 2. The SMILES string of the molecule is Nc1cc(C(=O)OC2CCCc3ccccc32)ccc1F. The number of aryl methyl sites for hydroxylation is 1. The summed E-state index contributed by atoms with van der Waals surface area (Å²) in [5, 5.41) is 0. The molecule has 0 heterocycles. The lowest BCUT2D eigenvalue weighted by atomic mass is 9.89. The molecule has 0 saturated carbocycles. The number of esters is 1. The van der Waals surface area contributed by atoms with Gasteiger partial charge in [-0.25, -0.2) is 9.18 Å². The van der Waals surface area contributed by atoms with Crippen molar-refractivity contribution < 1.29 is 13.9 Å². The predicted octanol–water partition coefficient (Wildman–Crippen LogP) is 3.64. The van der Waals surface area contributed by atoms with Gasteiger partial charge in [-0.1, -0.05) is 24.3 Å². The van der Waals surface area contributed by atoms with Crippen molar-refractivity contribution in [3.05, 3.63) is 65.0 Å². The highest BCUT2D eigenvalue weighted by Gasteiger charge is 2.24. The third-order valence-corrected chi connectivity index (χ3v) is 3.80. The van der Waals surface area contributed by atoms with E-state index >= 15 is 0 Å². The molecule has 0 spiro atoms. The van der Waals surface area contributed by atoms with Crippen molar-refractivity contribution in [1.82, 2.24) is 0 Å². The van der Waals surface area contributed by atoms with E-state index in [0.717, 1.165) is 24.8 Å². The molecule has 21 heavy (non-hydrogen) atoms. The quantitative estimate of drug-likeness (QED) is 0.677. The Morgan fingerprint density at radius 2 is 2.05 bits per heavy atom. The first-order valence-electron chi connectivity index (χ1n) is 6.99. The maximum absolute atomic E-state index is 13.1. The van der Waals surface area contributed by atoms with Crippen LogP contribution in [0, 0.1) is 5.82 Å². The number of carbonyl (C=O) groups is 1. The number of nitrogen functional groups attached to an aromatic ring is 1. The molecular weight excluding hydrogens is 269 g/mol. The molecule has 2 aromatic rings. The first kappa shape index (κ1) is 13.6. The van der Waals surface area contributed by atoms with Crippen molar-refractivity contribution >= 4 is 11.7 Å². The van der Waals surface area contributed by atoms with E-state index in [2.05, 4.69) is 6.07 Å². The van der Waals surface area contributed by atoms with Crippen LogP contribution >= 0.6 is 0 Å². The molecule has 0 bridgehead atoms. The van der Waals surface area contributed by atoms with Crippen LogP contribution in [-0.4, -0.2) is 5.97 Å². The van der Waals surface area contributed by atoms with Crippen LogP contribution in [0.1, 0.15) is 40.4 Å². The van der Waals surface area contributed by atoms with Gasteiger partial charge in [0.25, 0.3) is 0 Å². The minimum atomic E-state index is -0.533. The maximum Gasteiger partial charge on any atom is 0.338 e. The minimum Gasteiger partial charge on any atom is -0.454 e. The number of hydrogen-bond acceptors (Lipinski definition) is 3. The molecule has 0 aliphatic heterocycles. The Morgan fingerprint density at radius 1 is 1.24 bits per heavy atom. The van der Waals surface area contributed by atoms with E-state index in [0.29, 0.717) is 0 Å². The lowest BCUT2D eigenvalue weighted by Gasteiger charge is -2.25. The molecule has 1 atom stereocenters. The summed E-state index contributed by atoms with van der Waals surface area (Å²) >= 11 is 0. The van der Waals surface area contributed by atoms with E-state index in [1.165, 1.54) is 23.8 Å². The molecule has 2 N–H and O–H groups in total. The number of hydrogen-bond donors (Lipinski definition) is 1. The van der Waals surface area contributed by atoms with E-state index < -0.39 is 11.8 Å². The van der Waals surface area contributed by atoms with Crippen molar-refractivity contribution in [3.63, 3.8) is 0 Å².